The van der Waals surface area contributed by atoms with Crippen molar-refractivity contribution in [2.24, 2.45) is 5.73 Å². The third-order valence-corrected chi connectivity index (χ3v) is 6.69. The van der Waals surface area contributed by atoms with Gasteiger partial charge in [-0.25, -0.2) is 4.79 Å². The monoisotopic (exact) mass is 479 g/mol. The summed E-state index contributed by atoms with van der Waals surface area (Å²) in [5, 5.41) is 0.402. The van der Waals surface area contributed by atoms with E-state index in [0.29, 0.717) is 10.2 Å². The molecule has 7 nitrogen and oxygen atoms in total. The van der Waals surface area contributed by atoms with Gasteiger partial charge in [-0.3, -0.25) is 18.7 Å². The standard InChI is InChI=1S/C20H22BrN3O4S/c1-11(2)28-14(13-7-5-4-6-8-13)9-24-19-16(12(3)17(21)29-19)18(26)23(20(24)27)10-15(22)25/h4-8,11,14H,9-10H2,1-3H3,(H2,22,25)/t14-/m0/s1. The summed E-state index contributed by atoms with van der Waals surface area (Å²) in [5.41, 5.74) is 5.83. The number of primary amides is 1. The highest BCUT2D eigenvalue weighted by Crippen LogP contribution is 2.33. The van der Waals surface area contributed by atoms with Crippen LogP contribution in [-0.2, 0) is 22.6 Å². The highest BCUT2D eigenvalue weighted by molar-refractivity contribution is 9.11. The van der Waals surface area contributed by atoms with E-state index >= 15 is 0 Å². The van der Waals surface area contributed by atoms with Gasteiger partial charge in [0, 0.05) is 0 Å². The average Bonchev–Trinajstić information content (AvgIpc) is 2.96. The molecule has 0 bridgehead atoms. The molecule has 3 aromatic rings. The van der Waals surface area contributed by atoms with E-state index in [4.69, 9.17) is 10.5 Å². The van der Waals surface area contributed by atoms with Crippen LogP contribution in [0.5, 0.6) is 0 Å². The predicted molar refractivity (Wildman–Crippen MR) is 117 cm³/mol. The summed E-state index contributed by atoms with van der Waals surface area (Å²) in [7, 11) is 0. The maximum absolute atomic E-state index is 13.2. The maximum atomic E-state index is 13.2. The van der Waals surface area contributed by atoms with Crippen molar-refractivity contribution in [3.05, 3.63) is 66.1 Å². The van der Waals surface area contributed by atoms with E-state index in [1.165, 1.54) is 15.9 Å². The van der Waals surface area contributed by atoms with Crippen LogP contribution in [0.25, 0.3) is 10.2 Å². The summed E-state index contributed by atoms with van der Waals surface area (Å²) in [6.45, 7) is 5.37. The van der Waals surface area contributed by atoms with Crippen molar-refractivity contribution in [2.45, 2.75) is 46.1 Å². The number of rotatable bonds is 7. The number of amides is 1. The Morgan fingerprint density at radius 3 is 2.45 bits per heavy atom. The van der Waals surface area contributed by atoms with Crippen LogP contribution >= 0.6 is 27.3 Å². The second-order valence-electron chi connectivity index (χ2n) is 7.02. The molecule has 2 heterocycles. The Kier molecular flexibility index (Phi) is 6.40. The largest absolute Gasteiger partial charge is 0.369 e. The van der Waals surface area contributed by atoms with E-state index < -0.39 is 29.8 Å². The molecule has 0 aliphatic rings. The summed E-state index contributed by atoms with van der Waals surface area (Å²) < 4.78 is 9.25. The van der Waals surface area contributed by atoms with Crippen LogP contribution < -0.4 is 17.0 Å². The number of thiophene rings is 1. The first-order valence-electron chi connectivity index (χ1n) is 9.11. The number of carbonyl (C=O) groups is 1. The molecule has 9 heteroatoms. The predicted octanol–water partition coefficient (Wildman–Crippen LogP) is 2.95. The highest BCUT2D eigenvalue weighted by Gasteiger charge is 2.23. The first kappa shape index (κ1) is 21.5. The van der Waals surface area contributed by atoms with Crippen molar-refractivity contribution >= 4 is 43.4 Å². The number of benzene rings is 1. The number of aromatic nitrogens is 2. The lowest BCUT2D eigenvalue weighted by atomic mass is 10.1. The molecule has 154 valence electrons. The Morgan fingerprint density at radius 2 is 1.86 bits per heavy atom. The summed E-state index contributed by atoms with van der Waals surface area (Å²) >= 11 is 4.77. The molecule has 0 aliphatic carbocycles. The van der Waals surface area contributed by atoms with Crippen molar-refractivity contribution in [1.29, 1.82) is 0 Å². The third kappa shape index (κ3) is 4.36. The van der Waals surface area contributed by atoms with Gasteiger partial charge in [-0.15, -0.1) is 11.3 Å². The fraction of sp³-hybridized carbons (Fsp3) is 0.350. The highest BCUT2D eigenvalue weighted by atomic mass is 79.9. The van der Waals surface area contributed by atoms with Gasteiger partial charge >= 0.3 is 5.69 Å². The van der Waals surface area contributed by atoms with Gasteiger partial charge in [0.05, 0.1) is 21.8 Å². The van der Waals surface area contributed by atoms with Crippen LogP contribution in [0.1, 0.15) is 31.1 Å². The van der Waals surface area contributed by atoms with Crippen molar-refractivity contribution in [3.8, 4) is 0 Å². The fourth-order valence-electron chi connectivity index (χ4n) is 3.21. The van der Waals surface area contributed by atoms with Gasteiger partial charge < -0.3 is 10.5 Å². The van der Waals surface area contributed by atoms with Crippen molar-refractivity contribution in [1.82, 2.24) is 9.13 Å². The molecule has 0 spiro atoms. The lowest BCUT2D eigenvalue weighted by Crippen LogP contribution is -2.43. The lowest BCUT2D eigenvalue weighted by molar-refractivity contribution is -0.118. The quantitative estimate of drug-likeness (QED) is 0.563. The van der Waals surface area contributed by atoms with Crippen molar-refractivity contribution in [2.75, 3.05) is 0 Å². The van der Waals surface area contributed by atoms with E-state index in [2.05, 4.69) is 15.9 Å². The second kappa shape index (κ2) is 8.64. The molecule has 0 aliphatic heterocycles. The zero-order valence-electron chi connectivity index (χ0n) is 16.3. The van der Waals surface area contributed by atoms with Crippen LogP contribution in [0.2, 0.25) is 0 Å². The number of carbonyl (C=O) groups excluding carboxylic acids is 1. The van der Waals surface area contributed by atoms with Gasteiger partial charge in [-0.2, -0.15) is 0 Å². The maximum Gasteiger partial charge on any atom is 0.332 e. The van der Waals surface area contributed by atoms with E-state index in [1.807, 2.05) is 44.2 Å². The third-order valence-electron chi connectivity index (χ3n) is 4.51. The normalized spacial score (nSPS) is 12.6. The zero-order valence-corrected chi connectivity index (χ0v) is 18.7. The number of ether oxygens (including phenoxy) is 1. The fourth-order valence-corrected chi connectivity index (χ4v) is 4.90. The smallest absolute Gasteiger partial charge is 0.332 e. The second-order valence-corrected chi connectivity index (χ2v) is 9.33. The summed E-state index contributed by atoms with van der Waals surface area (Å²) in [4.78, 5) is 38.1. The minimum Gasteiger partial charge on any atom is -0.369 e. The summed E-state index contributed by atoms with van der Waals surface area (Å²) in [6, 6.07) is 9.59. The number of aryl methyl sites for hydroxylation is 1. The van der Waals surface area contributed by atoms with Gasteiger partial charge in [0.1, 0.15) is 17.5 Å². The molecular weight excluding hydrogens is 458 g/mol. The molecule has 0 radical (unpaired) electrons. The Morgan fingerprint density at radius 1 is 1.21 bits per heavy atom. The number of halogens is 1. The number of hydrogen-bond donors (Lipinski definition) is 1. The molecule has 2 N–H and O–H groups in total. The topological polar surface area (TPSA) is 96.3 Å². The molecule has 29 heavy (non-hydrogen) atoms. The van der Waals surface area contributed by atoms with Crippen LogP contribution in [0.4, 0.5) is 0 Å². The minimum atomic E-state index is -0.750. The molecule has 1 aromatic carbocycles. The number of nitrogens with zero attached hydrogens (tertiary/aromatic N) is 2. The van der Waals surface area contributed by atoms with Gasteiger partial charge in [0.25, 0.3) is 5.56 Å². The molecule has 1 atom stereocenters. The molecule has 3 rings (SSSR count). The zero-order chi connectivity index (χ0) is 21.3. The van der Waals surface area contributed by atoms with E-state index in [9.17, 15) is 14.4 Å². The molecule has 0 saturated carbocycles. The number of hydrogen-bond acceptors (Lipinski definition) is 5. The molecule has 0 unspecified atom stereocenters. The van der Waals surface area contributed by atoms with Crippen LogP contribution in [-0.4, -0.2) is 21.1 Å². The van der Waals surface area contributed by atoms with Gasteiger partial charge in [0.2, 0.25) is 5.91 Å². The van der Waals surface area contributed by atoms with E-state index in [0.717, 1.165) is 19.5 Å². The first-order chi connectivity index (χ1) is 13.7. The minimum absolute atomic E-state index is 0.0697. The molecule has 1 amide bonds. The van der Waals surface area contributed by atoms with Gasteiger partial charge in [-0.05, 0) is 47.8 Å². The molecule has 2 aromatic heterocycles. The Hall–Kier alpha value is -2.23. The lowest BCUT2D eigenvalue weighted by Gasteiger charge is -2.22. The van der Waals surface area contributed by atoms with Gasteiger partial charge in [-0.1, -0.05) is 30.3 Å². The Balaban J connectivity index is 2.24. The van der Waals surface area contributed by atoms with Crippen LogP contribution in [0.3, 0.4) is 0 Å². The first-order valence-corrected chi connectivity index (χ1v) is 10.7. The molecule has 0 saturated heterocycles. The van der Waals surface area contributed by atoms with Crippen molar-refractivity contribution in [3.63, 3.8) is 0 Å². The van der Waals surface area contributed by atoms with E-state index in [-0.39, 0.29) is 12.6 Å². The molecule has 0 fully saturated rings. The van der Waals surface area contributed by atoms with Crippen LogP contribution in [0, 0.1) is 6.92 Å². The SMILES string of the molecule is Cc1c(Br)sc2c1c(=O)n(CC(N)=O)c(=O)n2C[C@H](OC(C)C)c1ccccc1. The summed E-state index contributed by atoms with van der Waals surface area (Å²) in [6.07, 6.45) is -0.474. The molecular formula is C20H22BrN3O4S. The Bertz CT molecular complexity index is 1160. The summed E-state index contributed by atoms with van der Waals surface area (Å²) in [5.74, 6) is -0.750. The number of fused-ring (bicyclic) bond motifs is 1. The number of nitrogens with two attached hydrogens (primary N) is 1. The van der Waals surface area contributed by atoms with Gasteiger partial charge in [0.15, 0.2) is 0 Å². The Labute approximate surface area is 179 Å². The average molecular weight is 480 g/mol. The van der Waals surface area contributed by atoms with E-state index in [1.54, 1.807) is 6.92 Å². The van der Waals surface area contributed by atoms with Crippen molar-refractivity contribution < 1.29 is 9.53 Å². The van der Waals surface area contributed by atoms with Crippen LogP contribution in [0.15, 0.2) is 43.7 Å².